The third-order valence-electron chi connectivity index (χ3n) is 4.89. The Bertz CT molecular complexity index is 866. The summed E-state index contributed by atoms with van der Waals surface area (Å²) in [6.07, 6.45) is -0.388. The Morgan fingerprint density at radius 1 is 1.48 bits per heavy atom. The Kier molecular flexibility index (Phi) is 9.94. The summed E-state index contributed by atoms with van der Waals surface area (Å²) in [5.41, 5.74) is -0.780. The molecule has 1 fully saturated rings. The molecule has 1 aliphatic rings. The molecule has 0 bridgehead atoms. The van der Waals surface area contributed by atoms with Crippen LogP contribution >= 0.6 is 8.53 Å². The number of unbranched alkanes of at least 4 members (excludes halogenated alkanes) is 1. The lowest BCUT2D eigenvalue weighted by Gasteiger charge is -2.37. The molecule has 0 saturated carbocycles. The van der Waals surface area contributed by atoms with Gasteiger partial charge in [-0.2, -0.15) is 4.98 Å². The molecule has 33 heavy (non-hydrogen) atoms. The van der Waals surface area contributed by atoms with Crippen LogP contribution < -0.4 is 11.0 Å². The number of allylic oxidation sites excluding steroid dienone is 1. The van der Waals surface area contributed by atoms with Crippen LogP contribution in [-0.4, -0.2) is 57.2 Å². The van der Waals surface area contributed by atoms with Crippen LogP contribution in [0.4, 0.5) is 10.2 Å². The van der Waals surface area contributed by atoms with Crippen molar-refractivity contribution in [3.05, 3.63) is 35.4 Å². The number of halogens is 1. The van der Waals surface area contributed by atoms with E-state index in [9.17, 15) is 9.59 Å². The van der Waals surface area contributed by atoms with Crippen molar-refractivity contribution in [2.24, 2.45) is 0 Å². The number of carbonyl (C=O) groups excluding carboxylic acids is 1. The summed E-state index contributed by atoms with van der Waals surface area (Å²) in [5, 5.41) is 2.41. The highest BCUT2D eigenvalue weighted by Crippen LogP contribution is 2.50. The van der Waals surface area contributed by atoms with Crippen molar-refractivity contribution >= 4 is 20.3 Å². The summed E-state index contributed by atoms with van der Waals surface area (Å²) in [6.45, 7) is 13.2. The molecule has 0 aliphatic carbocycles. The summed E-state index contributed by atoms with van der Waals surface area (Å²) in [5.74, 6) is -0.317. The number of amides is 1. The summed E-state index contributed by atoms with van der Waals surface area (Å²) >= 11 is 0. The lowest BCUT2D eigenvalue weighted by atomic mass is 10.2. The molecule has 1 saturated heterocycles. The number of hydrogen-bond donors (Lipinski definition) is 1. The van der Waals surface area contributed by atoms with Crippen LogP contribution in [0.5, 0.6) is 0 Å². The number of nitrogens with zero attached hydrogens (tertiary/aromatic N) is 3. The average Bonchev–Trinajstić information content (AvgIpc) is 3.05. The molecule has 1 amide bonds. The van der Waals surface area contributed by atoms with Crippen LogP contribution in [0.3, 0.4) is 0 Å². The van der Waals surface area contributed by atoms with E-state index in [1.807, 2.05) is 32.4 Å². The molecule has 0 radical (unpaired) electrons. The highest BCUT2D eigenvalue weighted by molar-refractivity contribution is 7.44. The number of rotatable bonds is 12. The van der Waals surface area contributed by atoms with Crippen molar-refractivity contribution in [2.45, 2.75) is 91.1 Å². The molecular formula is C22H36FN4O5P. The second kappa shape index (κ2) is 12.7. The molecule has 0 aromatic carbocycles. The van der Waals surface area contributed by atoms with E-state index in [4.69, 9.17) is 15.2 Å². The Balaban J connectivity index is 2.26. The molecule has 1 aromatic heterocycles. The maximum Gasteiger partial charge on any atom is 0.351 e. The minimum atomic E-state index is -1.73. The minimum Gasteiger partial charge on any atom is -0.349 e. The van der Waals surface area contributed by atoms with Crippen molar-refractivity contribution in [1.29, 1.82) is 0 Å². The lowest BCUT2D eigenvalue weighted by molar-refractivity contribution is -0.114. The fraction of sp³-hybridized carbons (Fsp3) is 0.682. The summed E-state index contributed by atoms with van der Waals surface area (Å²) in [7, 11) is -1.66. The van der Waals surface area contributed by atoms with Gasteiger partial charge in [-0.05, 0) is 53.5 Å². The monoisotopic (exact) mass is 487 g/mol. The number of hydrogen-bond acceptors (Lipinski definition) is 7. The number of aromatic nitrogens is 2. The summed E-state index contributed by atoms with van der Waals surface area (Å²) in [4.78, 5) is 27.5. The van der Waals surface area contributed by atoms with Gasteiger partial charge < -0.3 is 19.1 Å². The lowest BCUT2D eigenvalue weighted by Crippen LogP contribution is -2.38. The number of alkyl halides is 1. The van der Waals surface area contributed by atoms with Crippen molar-refractivity contribution < 1.29 is 24.3 Å². The van der Waals surface area contributed by atoms with Crippen molar-refractivity contribution in [3.8, 4) is 0 Å². The molecule has 1 N–H and O–H groups in total. The Morgan fingerprint density at radius 3 is 2.73 bits per heavy atom. The predicted molar refractivity (Wildman–Crippen MR) is 127 cm³/mol. The van der Waals surface area contributed by atoms with Crippen molar-refractivity contribution in [3.63, 3.8) is 0 Å². The first-order chi connectivity index (χ1) is 16.1. The van der Waals surface area contributed by atoms with Gasteiger partial charge in [-0.25, -0.2) is 13.9 Å². The van der Waals surface area contributed by atoms with Gasteiger partial charge in [-0.3, -0.25) is 9.36 Å². The van der Waals surface area contributed by atoms with E-state index in [2.05, 4.69) is 16.9 Å². The molecule has 5 atom stereocenters. The maximum absolute atomic E-state index is 15.7. The topological polar surface area (TPSA) is 94.9 Å². The quantitative estimate of drug-likeness (QED) is 0.269. The normalized spacial score (nSPS) is 24.3. The predicted octanol–water partition coefficient (Wildman–Crippen LogP) is 4.17. The molecule has 2 heterocycles. The summed E-state index contributed by atoms with van der Waals surface area (Å²) in [6, 6.07) is 1.53. The van der Waals surface area contributed by atoms with Gasteiger partial charge in [0.25, 0.3) is 8.53 Å². The largest absolute Gasteiger partial charge is 0.351 e. The van der Waals surface area contributed by atoms with E-state index >= 15 is 4.39 Å². The van der Waals surface area contributed by atoms with Crippen LogP contribution in [0, 0.1) is 0 Å². The molecule has 186 valence electrons. The molecule has 5 unspecified atom stereocenters. The SMILES string of the molecule is [2H]CC1OC(n2ccc(NC(C)=O)nc2=O)C(F)C1OP(OCCCC=C)N(C(C)C)C(C)C. The Morgan fingerprint density at radius 2 is 2.18 bits per heavy atom. The first-order valence-electron chi connectivity index (χ1n) is 11.8. The van der Waals surface area contributed by atoms with Crippen LogP contribution in [0.1, 0.15) is 62.0 Å². The Hall–Kier alpha value is -1.71. The van der Waals surface area contributed by atoms with E-state index in [0.717, 1.165) is 17.4 Å². The average molecular weight is 488 g/mol. The fourth-order valence-electron chi connectivity index (χ4n) is 3.50. The standard InChI is InChI=1S/C22H36FN4O5P/c1-8-9-10-13-30-33(27(14(2)3)15(4)5)32-20-16(6)31-21(19(20)23)26-12-11-18(24-17(7)28)25-22(26)29/h8,11-12,14-16,19-21H,1,9-10,13H2,2-7H3,(H,24,25,28,29)/i6D. The number of ether oxygens (including phenoxy) is 1. The first kappa shape index (κ1) is 25.9. The smallest absolute Gasteiger partial charge is 0.349 e. The van der Waals surface area contributed by atoms with E-state index in [1.165, 1.54) is 19.2 Å². The minimum absolute atomic E-state index is 0.0629. The third kappa shape index (κ3) is 7.39. The van der Waals surface area contributed by atoms with Crippen molar-refractivity contribution in [2.75, 3.05) is 11.9 Å². The van der Waals surface area contributed by atoms with Gasteiger partial charge in [0.1, 0.15) is 11.9 Å². The molecule has 1 aromatic rings. The van der Waals surface area contributed by atoms with Crippen LogP contribution in [0.25, 0.3) is 0 Å². The van der Waals surface area contributed by atoms with Gasteiger partial charge in [0, 0.05) is 26.6 Å². The molecule has 11 heteroatoms. The van der Waals surface area contributed by atoms with Crippen LogP contribution in [0.15, 0.2) is 29.7 Å². The zero-order valence-electron chi connectivity index (χ0n) is 20.9. The van der Waals surface area contributed by atoms with Gasteiger partial charge in [0.2, 0.25) is 5.91 Å². The van der Waals surface area contributed by atoms with Crippen molar-refractivity contribution in [1.82, 2.24) is 14.2 Å². The Labute approximate surface area is 197 Å². The van der Waals surface area contributed by atoms with E-state index in [-0.39, 0.29) is 30.7 Å². The van der Waals surface area contributed by atoms with Gasteiger partial charge in [-0.15, -0.1) is 6.58 Å². The van der Waals surface area contributed by atoms with E-state index < -0.39 is 38.8 Å². The van der Waals surface area contributed by atoms with Gasteiger partial charge in [0.05, 0.1) is 12.7 Å². The van der Waals surface area contributed by atoms with Crippen LogP contribution in [0.2, 0.25) is 0 Å². The second-order valence-corrected chi connectivity index (χ2v) is 9.74. The highest BCUT2D eigenvalue weighted by Gasteiger charge is 2.47. The fourth-order valence-corrected chi connectivity index (χ4v) is 5.30. The highest BCUT2D eigenvalue weighted by atomic mass is 31.2. The van der Waals surface area contributed by atoms with Crippen LogP contribution in [-0.2, 0) is 18.6 Å². The molecular weight excluding hydrogens is 450 g/mol. The maximum atomic E-state index is 15.7. The molecule has 9 nitrogen and oxygen atoms in total. The number of anilines is 1. The first-order valence-corrected chi connectivity index (χ1v) is 12.2. The second-order valence-electron chi connectivity index (χ2n) is 8.33. The van der Waals surface area contributed by atoms with E-state index in [1.54, 1.807) is 6.08 Å². The van der Waals surface area contributed by atoms with Gasteiger partial charge in [0.15, 0.2) is 12.4 Å². The molecule has 0 spiro atoms. The zero-order valence-corrected chi connectivity index (χ0v) is 20.8. The molecule has 2 rings (SSSR count). The number of nitrogens with one attached hydrogen (secondary N) is 1. The van der Waals surface area contributed by atoms with Gasteiger partial charge >= 0.3 is 5.69 Å². The molecule has 1 aliphatic heterocycles. The van der Waals surface area contributed by atoms with Gasteiger partial charge in [-0.1, -0.05) is 6.08 Å². The summed E-state index contributed by atoms with van der Waals surface area (Å²) < 4.78 is 44.6. The number of carbonyl (C=O) groups is 1. The zero-order chi connectivity index (χ0) is 25.4. The van der Waals surface area contributed by atoms with E-state index in [0.29, 0.717) is 6.61 Å². The third-order valence-corrected chi connectivity index (χ3v) is 7.02.